The number of hydrogen-bond donors (Lipinski definition) is 2. The molecule has 0 bridgehead atoms. The number of amidine groups is 1. The lowest BCUT2D eigenvalue weighted by molar-refractivity contribution is 0.0765. The van der Waals surface area contributed by atoms with Crippen LogP contribution in [0.25, 0.3) is 11.0 Å². The third-order valence-electron chi connectivity index (χ3n) is 5.63. The molecular formula is C22H21FN4O3. The van der Waals surface area contributed by atoms with Crippen molar-refractivity contribution in [2.75, 3.05) is 18.4 Å². The molecule has 0 radical (unpaired) electrons. The number of benzene rings is 2. The Labute approximate surface area is 172 Å². The van der Waals surface area contributed by atoms with Crippen molar-refractivity contribution >= 4 is 28.6 Å². The van der Waals surface area contributed by atoms with E-state index in [1.54, 1.807) is 17.0 Å². The van der Waals surface area contributed by atoms with Crippen molar-refractivity contribution in [1.82, 2.24) is 4.90 Å². The van der Waals surface area contributed by atoms with E-state index in [0.717, 1.165) is 11.0 Å². The number of piperidine rings is 1. The van der Waals surface area contributed by atoms with Crippen LogP contribution in [0, 0.1) is 5.82 Å². The summed E-state index contributed by atoms with van der Waals surface area (Å²) in [5.74, 6) is 0.383. The van der Waals surface area contributed by atoms with Gasteiger partial charge in [0, 0.05) is 37.0 Å². The fourth-order valence-corrected chi connectivity index (χ4v) is 4.08. The van der Waals surface area contributed by atoms with E-state index in [9.17, 15) is 9.18 Å². The number of rotatable bonds is 2. The minimum atomic E-state index is -0.638. The Balaban J connectivity index is 1.22. The van der Waals surface area contributed by atoms with Gasteiger partial charge >= 0.3 is 6.09 Å². The van der Waals surface area contributed by atoms with Crippen LogP contribution in [0.15, 0.2) is 57.9 Å². The number of furan rings is 1. The zero-order valence-corrected chi connectivity index (χ0v) is 16.2. The number of likely N-dealkylation sites (tertiary alicyclic amines) is 1. The summed E-state index contributed by atoms with van der Waals surface area (Å²) in [5, 5.41) is 4.29. The number of carbonyl (C=O) groups is 1. The first-order valence-electron chi connectivity index (χ1n) is 9.85. The second-order valence-corrected chi connectivity index (χ2v) is 7.61. The molecular weight excluding hydrogens is 387 g/mol. The standard InChI is InChI=1S/C22H21FN4O3/c23-16-5-3-6-17-19(16)20(24)26-22(25-17)8-10-27(11-9-22)21(28)29-13-15-12-14-4-1-2-7-18(14)30-15/h1-7,12,25H,8-11,13H2,(H2,24,26). The number of ether oxygens (including phenoxy) is 1. The number of halogens is 1. The summed E-state index contributed by atoms with van der Waals surface area (Å²) < 4.78 is 25.2. The normalized spacial score (nSPS) is 17.4. The van der Waals surface area contributed by atoms with Gasteiger partial charge in [0.25, 0.3) is 0 Å². The van der Waals surface area contributed by atoms with E-state index in [2.05, 4.69) is 10.3 Å². The van der Waals surface area contributed by atoms with Crippen LogP contribution in [0.4, 0.5) is 14.9 Å². The van der Waals surface area contributed by atoms with Crippen LogP contribution in [0.3, 0.4) is 0 Å². The average Bonchev–Trinajstić information content (AvgIpc) is 3.15. The molecule has 3 heterocycles. The van der Waals surface area contributed by atoms with Crippen molar-refractivity contribution in [1.29, 1.82) is 0 Å². The number of nitrogens with one attached hydrogen (secondary N) is 1. The highest BCUT2D eigenvalue weighted by atomic mass is 19.1. The second kappa shape index (κ2) is 7.05. The first kappa shape index (κ1) is 18.5. The number of aliphatic imine (C=N–C) groups is 1. The van der Waals surface area contributed by atoms with Gasteiger partial charge in [-0.3, -0.25) is 0 Å². The number of para-hydroxylation sites is 1. The summed E-state index contributed by atoms with van der Waals surface area (Å²) in [6, 6.07) is 14.3. The molecule has 3 N–H and O–H groups in total. The molecule has 8 heteroatoms. The summed E-state index contributed by atoms with van der Waals surface area (Å²) in [6.07, 6.45) is 0.691. The predicted octanol–water partition coefficient (Wildman–Crippen LogP) is 3.83. The lowest BCUT2D eigenvalue weighted by Crippen LogP contribution is -2.52. The van der Waals surface area contributed by atoms with Crippen LogP contribution >= 0.6 is 0 Å². The topological polar surface area (TPSA) is 93.1 Å². The van der Waals surface area contributed by atoms with E-state index in [-0.39, 0.29) is 12.4 Å². The molecule has 2 aromatic carbocycles. The smallest absolute Gasteiger partial charge is 0.410 e. The molecule has 2 aliphatic rings. The van der Waals surface area contributed by atoms with Gasteiger partial charge in [0.2, 0.25) is 0 Å². The first-order chi connectivity index (χ1) is 14.5. The third kappa shape index (κ3) is 3.24. The number of nitrogens with two attached hydrogens (primary N) is 1. The van der Waals surface area contributed by atoms with Gasteiger partial charge in [0.1, 0.15) is 28.7 Å². The van der Waals surface area contributed by atoms with E-state index < -0.39 is 17.6 Å². The maximum atomic E-state index is 14.1. The Morgan fingerprint density at radius 3 is 2.83 bits per heavy atom. The van der Waals surface area contributed by atoms with Gasteiger partial charge in [0.05, 0.1) is 5.56 Å². The second-order valence-electron chi connectivity index (χ2n) is 7.61. The monoisotopic (exact) mass is 408 g/mol. The summed E-state index contributed by atoms with van der Waals surface area (Å²) in [5.41, 5.74) is 7.10. The van der Waals surface area contributed by atoms with Crippen molar-refractivity contribution in [3.8, 4) is 0 Å². The Morgan fingerprint density at radius 1 is 1.23 bits per heavy atom. The molecule has 1 fully saturated rings. The summed E-state index contributed by atoms with van der Waals surface area (Å²) in [6.45, 7) is 0.978. The number of fused-ring (bicyclic) bond motifs is 2. The maximum absolute atomic E-state index is 14.1. The van der Waals surface area contributed by atoms with Crippen LogP contribution in [-0.2, 0) is 11.3 Å². The molecule has 30 heavy (non-hydrogen) atoms. The molecule has 3 aromatic rings. The molecule has 5 rings (SSSR count). The van der Waals surface area contributed by atoms with Gasteiger partial charge in [-0.2, -0.15) is 0 Å². The Morgan fingerprint density at radius 2 is 2.03 bits per heavy atom. The first-order valence-corrected chi connectivity index (χ1v) is 9.85. The summed E-state index contributed by atoms with van der Waals surface area (Å²) in [7, 11) is 0. The van der Waals surface area contributed by atoms with E-state index in [1.165, 1.54) is 6.07 Å². The van der Waals surface area contributed by atoms with E-state index in [1.807, 2.05) is 30.3 Å². The van der Waals surface area contributed by atoms with E-state index >= 15 is 0 Å². The quantitative estimate of drug-likeness (QED) is 0.672. The molecule has 0 atom stereocenters. The highest BCUT2D eigenvalue weighted by Gasteiger charge is 2.39. The van der Waals surface area contributed by atoms with Crippen molar-refractivity contribution in [2.45, 2.75) is 25.1 Å². The Bertz CT molecular complexity index is 1120. The molecule has 0 unspecified atom stereocenters. The minimum Gasteiger partial charge on any atom is -0.457 e. The molecule has 0 saturated carbocycles. The van der Waals surface area contributed by atoms with Gasteiger partial charge in [0.15, 0.2) is 6.61 Å². The lowest BCUT2D eigenvalue weighted by Gasteiger charge is -2.42. The fraction of sp³-hybridized carbons (Fsp3) is 0.273. The van der Waals surface area contributed by atoms with Gasteiger partial charge < -0.3 is 25.1 Å². The predicted molar refractivity (Wildman–Crippen MR) is 111 cm³/mol. The van der Waals surface area contributed by atoms with Crippen LogP contribution in [-0.4, -0.2) is 35.6 Å². The number of carbonyl (C=O) groups excluding carboxylic acids is 1. The van der Waals surface area contributed by atoms with Crippen molar-refractivity contribution in [2.24, 2.45) is 10.7 Å². The summed E-state index contributed by atoms with van der Waals surface area (Å²) >= 11 is 0. The highest BCUT2D eigenvalue weighted by Crippen LogP contribution is 2.35. The molecule has 1 spiro atoms. The molecule has 1 amide bonds. The van der Waals surface area contributed by atoms with Gasteiger partial charge in [-0.05, 0) is 24.3 Å². The number of nitrogens with zero attached hydrogens (tertiary/aromatic N) is 2. The lowest BCUT2D eigenvalue weighted by atomic mass is 9.94. The SMILES string of the molecule is NC1=NC2(CCN(C(=O)OCc3cc4ccccc4o3)CC2)Nc2cccc(F)c21. The van der Waals surface area contributed by atoms with E-state index in [4.69, 9.17) is 14.9 Å². The molecule has 0 aliphatic carbocycles. The number of amides is 1. The fourth-order valence-electron chi connectivity index (χ4n) is 4.08. The Kier molecular flexibility index (Phi) is 4.34. The van der Waals surface area contributed by atoms with Crippen LogP contribution in [0.1, 0.15) is 24.2 Å². The van der Waals surface area contributed by atoms with Crippen molar-refractivity contribution in [3.05, 3.63) is 65.7 Å². The molecule has 1 saturated heterocycles. The zero-order chi connectivity index (χ0) is 20.7. The summed E-state index contributed by atoms with van der Waals surface area (Å²) in [4.78, 5) is 18.7. The molecule has 1 aromatic heterocycles. The van der Waals surface area contributed by atoms with Crippen LogP contribution in [0.5, 0.6) is 0 Å². The largest absolute Gasteiger partial charge is 0.457 e. The molecule has 154 valence electrons. The van der Waals surface area contributed by atoms with Gasteiger partial charge in [-0.1, -0.05) is 24.3 Å². The minimum absolute atomic E-state index is 0.0746. The van der Waals surface area contributed by atoms with Gasteiger partial charge in [-0.25, -0.2) is 14.2 Å². The zero-order valence-electron chi connectivity index (χ0n) is 16.2. The van der Waals surface area contributed by atoms with E-state index in [0.29, 0.717) is 42.9 Å². The molecule has 2 aliphatic heterocycles. The number of hydrogen-bond acceptors (Lipinski definition) is 6. The maximum Gasteiger partial charge on any atom is 0.410 e. The average molecular weight is 408 g/mol. The molecule has 7 nitrogen and oxygen atoms in total. The van der Waals surface area contributed by atoms with Gasteiger partial charge in [-0.15, -0.1) is 0 Å². The van der Waals surface area contributed by atoms with Crippen molar-refractivity contribution in [3.63, 3.8) is 0 Å². The third-order valence-corrected chi connectivity index (χ3v) is 5.63. The highest BCUT2D eigenvalue weighted by molar-refractivity contribution is 6.04. The number of anilines is 1. The van der Waals surface area contributed by atoms with Crippen molar-refractivity contribution < 1.29 is 18.3 Å². The Hall–Kier alpha value is -3.55. The van der Waals surface area contributed by atoms with Crippen LogP contribution in [0.2, 0.25) is 0 Å². The van der Waals surface area contributed by atoms with Crippen LogP contribution < -0.4 is 11.1 Å².